The molecule has 5 heteroatoms. The van der Waals surface area contributed by atoms with Crippen LogP contribution in [-0.2, 0) is 4.79 Å². The lowest BCUT2D eigenvalue weighted by Gasteiger charge is -2.04. The van der Waals surface area contributed by atoms with Crippen molar-refractivity contribution in [1.29, 1.82) is 0 Å². The van der Waals surface area contributed by atoms with Crippen LogP contribution < -0.4 is 5.48 Å². The van der Waals surface area contributed by atoms with Crippen molar-refractivity contribution in [3.8, 4) is 0 Å². The summed E-state index contributed by atoms with van der Waals surface area (Å²) < 4.78 is 0.854. The Labute approximate surface area is 166 Å². The van der Waals surface area contributed by atoms with Gasteiger partial charge in [0.2, 0.25) is 5.91 Å². The minimum Gasteiger partial charge on any atom is -0.289 e. The van der Waals surface area contributed by atoms with Crippen molar-refractivity contribution in [3.63, 3.8) is 0 Å². The Balaban J connectivity index is 3.03. The zero-order valence-corrected chi connectivity index (χ0v) is 17.6. The van der Waals surface area contributed by atoms with E-state index in [1.54, 1.807) is 5.48 Å². The number of hydrogen-bond donors (Lipinski definition) is 3. The second-order valence-corrected chi connectivity index (χ2v) is 8.42. The fraction of sp³-hybridized carbons (Fsp3) is 0.900. The average molecular weight is 390 g/mol. The van der Waals surface area contributed by atoms with Gasteiger partial charge < -0.3 is 0 Å². The smallest absolute Gasteiger partial charge is 0.243 e. The molecular formula is C20H39NO2S2. The highest BCUT2D eigenvalue weighted by molar-refractivity contribution is 8.11. The van der Waals surface area contributed by atoms with Crippen molar-refractivity contribution >= 4 is 35.0 Å². The topological polar surface area (TPSA) is 49.3 Å². The number of nitrogens with one attached hydrogen (secondary N) is 1. The molecule has 0 aromatic heterocycles. The number of carbonyl (C=O) groups is 1. The van der Waals surface area contributed by atoms with Crippen LogP contribution in [0.4, 0.5) is 0 Å². The lowest BCUT2D eigenvalue weighted by Crippen LogP contribution is -2.17. The van der Waals surface area contributed by atoms with Gasteiger partial charge in [0.05, 0.1) is 0 Å². The van der Waals surface area contributed by atoms with Crippen LogP contribution in [0.5, 0.6) is 0 Å². The molecule has 3 nitrogen and oxygen atoms in total. The van der Waals surface area contributed by atoms with E-state index in [-0.39, 0.29) is 5.91 Å². The van der Waals surface area contributed by atoms with Crippen molar-refractivity contribution in [3.05, 3.63) is 0 Å². The van der Waals surface area contributed by atoms with E-state index in [0.717, 1.165) is 23.5 Å². The maximum atomic E-state index is 10.8. The normalized spacial score (nSPS) is 10.8. The molecule has 0 aromatic rings. The van der Waals surface area contributed by atoms with Crippen molar-refractivity contribution < 1.29 is 10.0 Å². The van der Waals surface area contributed by atoms with Crippen LogP contribution in [0.2, 0.25) is 0 Å². The maximum absolute atomic E-state index is 10.8. The standard InChI is InChI=1S/C20H39NO2S2/c22-19(21-23)17-15-13-11-9-7-5-3-1-2-4-6-8-10-12-14-16-18-20(24)25/h23H,1-18H2,(H,21,22)(H,24,25). The molecule has 0 radical (unpaired) electrons. The monoisotopic (exact) mass is 389 g/mol. The van der Waals surface area contributed by atoms with E-state index in [1.807, 2.05) is 0 Å². The van der Waals surface area contributed by atoms with Gasteiger partial charge in [-0.25, -0.2) is 5.48 Å². The Morgan fingerprint density at radius 2 is 0.920 bits per heavy atom. The maximum Gasteiger partial charge on any atom is 0.243 e. The first-order chi connectivity index (χ1) is 12.2. The number of unbranched alkanes of at least 4 members (excludes halogenated alkanes) is 15. The summed E-state index contributed by atoms with van der Waals surface area (Å²) in [5.74, 6) is -0.266. The first-order valence-corrected chi connectivity index (χ1v) is 11.2. The van der Waals surface area contributed by atoms with Crippen molar-refractivity contribution in [1.82, 2.24) is 5.48 Å². The van der Waals surface area contributed by atoms with Gasteiger partial charge in [-0.2, -0.15) is 0 Å². The number of hydrogen-bond acceptors (Lipinski definition) is 3. The number of carbonyl (C=O) groups excluding carboxylic acids is 1. The number of amides is 1. The van der Waals surface area contributed by atoms with Gasteiger partial charge >= 0.3 is 0 Å². The Morgan fingerprint density at radius 1 is 0.640 bits per heavy atom. The number of thiocarbonyl (C=S) groups is 1. The Morgan fingerprint density at radius 3 is 1.20 bits per heavy atom. The summed E-state index contributed by atoms with van der Waals surface area (Å²) in [7, 11) is 0. The molecule has 0 spiro atoms. The van der Waals surface area contributed by atoms with E-state index in [2.05, 4.69) is 12.6 Å². The molecule has 0 atom stereocenters. The zero-order valence-electron chi connectivity index (χ0n) is 15.9. The summed E-state index contributed by atoms with van der Waals surface area (Å²) in [6.45, 7) is 0. The van der Waals surface area contributed by atoms with Gasteiger partial charge in [0, 0.05) is 10.6 Å². The third-order valence-corrected chi connectivity index (χ3v) is 5.10. The van der Waals surface area contributed by atoms with Crippen molar-refractivity contribution in [2.45, 2.75) is 116 Å². The Kier molecular flexibility index (Phi) is 20.1. The minimum absolute atomic E-state index is 0.266. The quantitative estimate of drug-likeness (QED) is 0.0751. The summed E-state index contributed by atoms with van der Waals surface area (Å²) in [5.41, 5.74) is 1.68. The molecule has 2 N–H and O–H groups in total. The third kappa shape index (κ3) is 21.8. The predicted octanol–water partition coefficient (Wildman–Crippen LogP) is 6.77. The largest absolute Gasteiger partial charge is 0.289 e. The van der Waals surface area contributed by atoms with Crippen LogP contribution in [0, 0.1) is 0 Å². The van der Waals surface area contributed by atoms with Gasteiger partial charge in [0.25, 0.3) is 0 Å². The average Bonchev–Trinajstić information content (AvgIpc) is 2.60. The molecule has 0 bridgehead atoms. The molecule has 25 heavy (non-hydrogen) atoms. The first kappa shape index (κ1) is 24.9. The molecular weight excluding hydrogens is 350 g/mol. The van der Waals surface area contributed by atoms with Gasteiger partial charge in [-0.1, -0.05) is 102 Å². The Hall–Kier alpha value is -0.130. The van der Waals surface area contributed by atoms with E-state index in [4.69, 9.17) is 17.4 Å². The van der Waals surface area contributed by atoms with Crippen LogP contribution in [0.1, 0.15) is 116 Å². The molecule has 0 saturated carbocycles. The molecule has 0 aliphatic heterocycles. The van der Waals surface area contributed by atoms with Crippen molar-refractivity contribution in [2.24, 2.45) is 0 Å². The Bertz CT molecular complexity index is 325. The van der Waals surface area contributed by atoms with E-state index < -0.39 is 0 Å². The molecule has 0 unspecified atom stereocenters. The minimum atomic E-state index is -0.266. The van der Waals surface area contributed by atoms with E-state index >= 15 is 0 Å². The van der Waals surface area contributed by atoms with E-state index in [0.29, 0.717) is 6.42 Å². The van der Waals surface area contributed by atoms with Crippen LogP contribution in [0.25, 0.3) is 0 Å². The van der Waals surface area contributed by atoms with Crippen LogP contribution in [-0.4, -0.2) is 15.3 Å². The first-order valence-electron chi connectivity index (χ1n) is 10.3. The van der Waals surface area contributed by atoms with Gasteiger partial charge in [-0.15, -0.1) is 12.6 Å². The number of thiol groups is 1. The van der Waals surface area contributed by atoms with Gasteiger partial charge in [-0.05, 0) is 19.3 Å². The van der Waals surface area contributed by atoms with Crippen LogP contribution in [0.3, 0.4) is 0 Å². The summed E-state index contributed by atoms with van der Waals surface area (Å²) in [6.07, 6.45) is 22.1. The molecule has 148 valence electrons. The van der Waals surface area contributed by atoms with E-state index in [1.165, 1.54) is 89.9 Å². The molecule has 0 aromatic carbocycles. The highest BCUT2D eigenvalue weighted by Gasteiger charge is 1.98. The van der Waals surface area contributed by atoms with Crippen molar-refractivity contribution in [2.75, 3.05) is 0 Å². The van der Waals surface area contributed by atoms with E-state index in [9.17, 15) is 4.79 Å². The highest BCUT2D eigenvalue weighted by Crippen LogP contribution is 2.14. The van der Waals surface area contributed by atoms with Crippen LogP contribution >= 0.6 is 24.8 Å². The molecule has 1 amide bonds. The SMILES string of the molecule is O=C(CCCCCCCCCCCCCCCCCCC(=S)S)NO. The lowest BCUT2D eigenvalue weighted by atomic mass is 10.0. The second-order valence-electron chi connectivity index (χ2n) is 7.09. The third-order valence-electron chi connectivity index (χ3n) is 4.67. The second kappa shape index (κ2) is 20.2. The van der Waals surface area contributed by atoms with Gasteiger partial charge in [0.15, 0.2) is 0 Å². The van der Waals surface area contributed by atoms with Gasteiger partial charge in [0.1, 0.15) is 0 Å². The lowest BCUT2D eigenvalue weighted by molar-refractivity contribution is -0.129. The summed E-state index contributed by atoms with van der Waals surface area (Å²) in [4.78, 5) is 10.8. The van der Waals surface area contributed by atoms with Crippen LogP contribution in [0.15, 0.2) is 0 Å². The summed E-state index contributed by atoms with van der Waals surface area (Å²) in [5, 5.41) is 8.38. The molecule has 0 saturated heterocycles. The fourth-order valence-electron chi connectivity index (χ4n) is 3.09. The fourth-order valence-corrected chi connectivity index (χ4v) is 3.40. The summed E-state index contributed by atoms with van der Waals surface area (Å²) in [6, 6.07) is 0. The van der Waals surface area contributed by atoms with Gasteiger partial charge in [-0.3, -0.25) is 10.0 Å². The number of rotatable bonds is 19. The molecule has 0 fully saturated rings. The predicted molar refractivity (Wildman–Crippen MR) is 115 cm³/mol. The number of hydroxylamine groups is 1. The highest BCUT2D eigenvalue weighted by atomic mass is 32.1. The summed E-state index contributed by atoms with van der Waals surface area (Å²) >= 11 is 9.11. The molecule has 0 rings (SSSR count). The molecule has 0 aliphatic rings. The zero-order chi connectivity index (χ0) is 18.6. The molecule has 0 heterocycles. The molecule has 0 aliphatic carbocycles.